The third-order valence-electron chi connectivity index (χ3n) is 15.7. The Balaban J connectivity index is 1.23. The van der Waals surface area contributed by atoms with Gasteiger partial charge < -0.3 is 5.11 Å². The summed E-state index contributed by atoms with van der Waals surface area (Å²) >= 11 is 0. The van der Waals surface area contributed by atoms with E-state index in [9.17, 15) is 5.11 Å². The van der Waals surface area contributed by atoms with Crippen LogP contribution in [0.1, 0.15) is 158 Å². The second-order valence-corrected chi connectivity index (χ2v) is 18.9. The van der Waals surface area contributed by atoms with E-state index in [1.807, 2.05) is 11.1 Å². The lowest BCUT2D eigenvalue weighted by Gasteiger charge is -2.62. The van der Waals surface area contributed by atoms with Gasteiger partial charge in [-0.15, -0.1) is 0 Å². The highest BCUT2D eigenvalue weighted by Crippen LogP contribution is 2.69. The van der Waals surface area contributed by atoms with Gasteiger partial charge in [-0.25, -0.2) is 0 Å². The van der Waals surface area contributed by atoms with Crippen molar-refractivity contribution in [2.24, 2.45) is 53.3 Å². The predicted octanol–water partition coefficient (Wildman–Crippen LogP) is 9.92. The van der Waals surface area contributed by atoms with Crippen molar-refractivity contribution in [1.29, 1.82) is 0 Å². The Morgan fingerprint density at radius 2 is 0.800 bits per heavy atom. The van der Waals surface area contributed by atoms with E-state index in [-0.39, 0.29) is 5.41 Å². The fraction of sp³-hybridized carbons (Fsp3) is 0.846. The molecule has 0 amide bonds. The Morgan fingerprint density at radius 3 is 1.12 bits per heavy atom. The third kappa shape index (κ3) is 3.23. The van der Waals surface area contributed by atoms with Crippen molar-refractivity contribution in [3.8, 4) is 5.75 Å². The minimum atomic E-state index is 0.279. The summed E-state index contributed by atoms with van der Waals surface area (Å²) in [6.45, 7) is 5.12. The highest BCUT2D eigenvalue weighted by atomic mass is 16.3. The van der Waals surface area contributed by atoms with Crippen LogP contribution in [0.5, 0.6) is 5.75 Å². The van der Waals surface area contributed by atoms with E-state index >= 15 is 0 Å². The maximum Gasteiger partial charge on any atom is 0.119 e. The molecule has 0 aromatic heterocycles. The predicted molar refractivity (Wildman–Crippen MR) is 162 cm³/mol. The Morgan fingerprint density at radius 1 is 0.500 bits per heavy atom. The first-order chi connectivity index (χ1) is 19.3. The molecule has 0 unspecified atom stereocenters. The van der Waals surface area contributed by atoms with Crippen molar-refractivity contribution in [2.45, 2.75) is 152 Å². The van der Waals surface area contributed by atoms with Gasteiger partial charge in [0.2, 0.25) is 0 Å². The fourth-order valence-electron chi connectivity index (χ4n) is 16.1. The molecule has 12 saturated carbocycles. The molecule has 0 heterocycles. The molecule has 1 aromatic carbocycles. The van der Waals surface area contributed by atoms with E-state index in [0.29, 0.717) is 16.7 Å². The summed E-state index contributed by atoms with van der Waals surface area (Å²) in [5.41, 5.74) is 7.91. The van der Waals surface area contributed by atoms with Crippen LogP contribution in [0, 0.1) is 53.3 Å². The zero-order valence-corrected chi connectivity index (χ0v) is 25.5. The molecule has 13 rings (SSSR count). The summed E-state index contributed by atoms with van der Waals surface area (Å²) in [7, 11) is 0. The minimum Gasteiger partial charge on any atom is -0.508 e. The summed E-state index contributed by atoms with van der Waals surface area (Å²) in [6.07, 6.45) is 26.3. The van der Waals surface area contributed by atoms with Crippen molar-refractivity contribution >= 4 is 0 Å². The van der Waals surface area contributed by atoms with E-state index in [2.05, 4.69) is 19.9 Å². The van der Waals surface area contributed by atoms with Gasteiger partial charge in [-0.3, -0.25) is 0 Å². The van der Waals surface area contributed by atoms with Crippen LogP contribution in [-0.2, 0) is 16.2 Å². The van der Waals surface area contributed by atoms with Gasteiger partial charge in [-0.1, -0.05) is 13.8 Å². The van der Waals surface area contributed by atoms with Gasteiger partial charge in [-0.2, -0.15) is 0 Å². The van der Waals surface area contributed by atoms with Crippen LogP contribution < -0.4 is 0 Å². The summed E-state index contributed by atoms with van der Waals surface area (Å²) in [5.74, 6) is 9.91. The number of aromatic hydroxyl groups is 1. The highest BCUT2D eigenvalue weighted by Gasteiger charge is 2.60. The van der Waals surface area contributed by atoms with Gasteiger partial charge in [0.1, 0.15) is 5.75 Å². The topological polar surface area (TPSA) is 20.2 Å². The van der Waals surface area contributed by atoms with Crippen molar-refractivity contribution in [3.63, 3.8) is 0 Å². The molecule has 0 spiro atoms. The van der Waals surface area contributed by atoms with Gasteiger partial charge in [0.05, 0.1) is 0 Å². The SMILES string of the molecule is CC(C)c1c(C23CC4CC(CC(C4)C2)C3)cc(O)c(C23CC4CC(CC(C4)C2)C3)c1C12CC3CC(CC(C3)C1)C2. The second-order valence-electron chi connectivity index (χ2n) is 18.9. The van der Waals surface area contributed by atoms with Crippen molar-refractivity contribution in [2.75, 3.05) is 0 Å². The Kier molecular flexibility index (Phi) is 4.85. The van der Waals surface area contributed by atoms with Crippen molar-refractivity contribution in [1.82, 2.24) is 0 Å². The molecule has 0 aliphatic heterocycles. The van der Waals surface area contributed by atoms with E-state index in [4.69, 9.17) is 0 Å². The van der Waals surface area contributed by atoms with Crippen LogP contribution >= 0.6 is 0 Å². The molecule has 216 valence electrons. The zero-order valence-electron chi connectivity index (χ0n) is 25.5. The molecular formula is C39H54O. The monoisotopic (exact) mass is 538 g/mol. The number of benzene rings is 1. The molecule has 0 saturated heterocycles. The quantitative estimate of drug-likeness (QED) is 0.404. The van der Waals surface area contributed by atoms with Crippen molar-refractivity contribution in [3.05, 3.63) is 28.3 Å². The highest BCUT2D eigenvalue weighted by molar-refractivity contribution is 5.60. The summed E-state index contributed by atoms with van der Waals surface area (Å²) in [5, 5.41) is 12.6. The molecule has 0 atom stereocenters. The van der Waals surface area contributed by atoms with E-state index in [0.717, 1.165) is 59.0 Å². The third-order valence-corrected chi connectivity index (χ3v) is 15.7. The molecule has 1 aromatic rings. The number of phenols is 1. The normalized spacial score (nSPS) is 52.8. The second kappa shape index (κ2) is 7.94. The summed E-state index contributed by atoms with van der Waals surface area (Å²) in [4.78, 5) is 0. The van der Waals surface area contributed by atoms with Crippen LogP contribution in [0.3, 0.4) is 0 Å². The number of rotatable bonds is 4. The zero-order chi connectivity index (χ0) is 26.6. The first-order valence-electron chi connectivity index (χ1n) is 18.2. The standard InChI is InChI=1S/C39H54O/c1-22(2)34-32(37-13-23-3-24(14-37)5-25(4-23)15-37)12-33(40)35(38-16-26-6-27(17-38)8-28(7-26)18-38)36(34)39-19-29-9-30(20-39)11-31(10-29)21-39/h12,22-31,40H,3-11,13-21H2,1-2H3. The minimum absolute atomic E-state index is 0.279. The van der Waals surface area contributed by atoms with Gasteiger partial charge in [-0.05, 0) is 208 Å². The molecule has 12 aliphatic carbocycles. The van der Waals surface area contributed by atoms with E-state index in [1.165, 1.54) is 116 Å². The smallest absolute Gasteiger partial charge is 0.119 e. The summed E-state index contributed by atoms with van der Waals surface area (Å²) < 4.78 is 0. The molecule has 40 heavy (non-hydrogen) atoms. The largest absolute Gasteiger partial charge is 0.508 e. The van der Waals surface area contributed by atoms with Crippen LogP contribution in [-0.4, -0.2) is 5.11 Å². The molecule has 12 fully saturated rings. The van der Waals surface area contributed by atoms with Gasteiger partial charge in [0.15, 0.2) is 0 Å². The molecule has 0 radical (unpaired) electrons. The van der Waals surface area contributed by atoms with Gasteiger partial charge >= 0.3 is 0 Å². The summed E-state index contributed by atoms with van der Waals surface area (Å²) in [6, 6.07) is 2.49. The molecule has 1 nitrogen and oxygen atoms in total. The van der Waals surface area contributed by atoms with Crippen molar-refractivity contribution < 1.29 is 5.11 Å². The van der Waals surface area contributed by atoms with Gasteiger partial charge in [0.25, 0.3) is 0 Å². The van der Waals surface area contributed by atoms with Crippen LogP contribution in [0.15, 0.2) is 6.07 Å². The van der Waals surface area contributed by atoms with Crippen LogP contribution in [0.4, 0.5) is 0 Å². The van der Waals surface area contributed by atoms with E-state index in [1.54, 1.807) is 11.1 Å². The lowest BCUT2D eigenvalue weighted by Crippen LogP contribution is -2.53. The fourth-order valence-corrected chi connectivity index (χ4v) is 16.1. The van der Waals surface area contributed by atoms with Gasteiger partial charge in [0, 0.05) is 11.0 Å². The van der Waals surface area contributed by atoms with E-state index < -0.39 is 0 Å². The average molecular weight is 539 g/mol. The maximum absolute atomic E-state index is 12.6. The lowest BCUT2D eigenvalue weighted by molar-refractivity contribution is -0.0199. The molecular weight excluding hydrogens is 484 g/mol. The Labute approximate surface area is 243 Å². The first kappa shape index (κ1) is 24.5. The molecule has 1 heteroatoms. The van der Waals surface area contributed by atoms with Crippen LogP contribution in [0.25, 0.3) is 0 Å². The number of phenolic OH excluding ortho intramolecular Hbond substituents is 1. The Bertz CT molecular complexity index is 1140. The lowest BCUT2D eigenvalue weighted by atomic mass is 9.42. The Hall–Kier alpha value is -0.980. The number of hydrogen-bond acceptors (Lipinski definition) is 1. The molecule has 12 aliphatic rings. The maximum atomic E-state index is 12.6. The molecule has 1 N–H and O–H groups in total. The molecule has 12 bridgehead atoms. The average Bonchev–Trinajstić information content (AvgIpc) is 2.85. The first-order valence-corrected chi connectivity index (χ1v) is 18.2. The number of hydrogen-bond donors (Lipinski definition) is 1. The van der Waals surface area contributed by atoms with Crippen LogP contribution in [0.2, 0.25) is 0 Å².